The summed E-state index contributed by atoms with van der Waals surface area (Å²) < 4.78 is 7.79. The van der Waals surface area contributed by atoms with Gasteiger partial charge in [-0.25, -0.2) is 0 Å². The Morgan fingerprint density at radius 3 is 2.17 bits per heavy atom. The largest absolute Gasteiger partial charge is 0.494 e. The number of anilines is 1. The van der Waals surface area contributed by atoms with Crippen molar-refractivity contribution >= 4 is 27.4 Å². The van der Waals surface area contributed by atoms with Crippen molar-refractivity contribution in [1.82, 2.24) is 13.8 Å². The normalized spacial score (nSPS) is 30.4. The predicted molar refractivity (Wildman–Crippen MR) is 142 cm³/mol. The Kier molecular flexibility index (Phi) is 5.67. The molecule has 1 aromatic carbocycles. The van der Waals surface area contributed by atoms with Crippen molar-refractivity contribution in [1.29, 1.82) is 0 Å². The molecule has 2 aromatic heterocycles. The zero-order chi connectivity index (χ0) is 24.4. The van der Waals surface area contributed by atoms with Gasteiger partial charge in [0.15, 0.2) is 11.8 Å². The van der Waals surface area contributed by atoms with Crippen LogP contribution < -0.4 is 4.90 Å². The summed E-state index contributed by atoms with van der Waals surface area (Å²) in [7, 11) is 0. The minimum atomic E-state index is -0.440. The molecule has 0 radical (unpaired) electrons. The van der Waals surface area contributed by atoms with Gasteiger partial charge in [-0.1, -0.05) is 25.0 Å². The summed E-state index contributed by atoms with van der Waals surface area (Å²) in [4.78, 5) is 5.05. The number of aromatic nitrogens is 2. The van der Waals surface area contributed by atoms with Crippen molar-refractivity contribution in [2.75, 3.05) is 37.6 Å². The molecule has 2 saturated carbocycles. The maximum Gasteiger partial charge on any atom is 0.197 e. The van der Waals surface area contributed by atoms with Gasteiger partial charge in [0, 0.05) is 67.6 Å². The summed E-state index contributed by atoms with van der Waals surface area (Å²) in [6, 6.07) is 8.51. The Morgan fingerprint density at radius 2 is 1.47 bits per heavy atom. The third kappa shape index (κ3) is 3.56. The fourth-order valence-corrected chi connectivity index (χ4v) is 8.52. The average Bonchev–Trinajstić information content (AvgIpc) is 3.63. The van der Waals surface area contributed by atoms with Gasteiger partial charge in [0.2, 0.25) is 0 Å². The average molecular weight is 509 g/mol. The molecule has 3 aliphatic carbocycles. The first-order chi connectivity index (χ1) is 17.6. The van der Waals surface area contributed by atoms with Crippen LogP contribution in [0.4, 0.5) is 5.82 Å². The molecule has 3 aromatic rings. The Labute approximate surface area is 216 Å². The minimum absolute atomic E-state index is 0.00886. The molecule has 3 unspecified atom stereocenters. The van der Waals surface area contributed by atoms with E-state index in [0.717, 1.165) is 68.9 Å². The van der Waals surface area contributed by atoms with Gasteiger partial charge in [-0.3, -0.25) is 9.47 Å². The second kappa shape index (κ2) is 8.92. The highest BCUT2D eigenvalue weighted by molar-refractivity contribution is 7.13. The van der Waals surface area contributed by atoms with Crippen LogP contribution in [0.15, 0.2) is 24.3 Å². The van der Waals surface area contributed by atoms with Crippen LogP contribution in [-0.4, -0.2) is 68.0 Å². The lowest BCUT2D eigenvalue weighted by Crippen LogP contribution is -2.49. The summed E-state index contributed by atoms with van der Waals surface area (Å²) in [6.45, 7) is 5.86. The number of hydrogen-bond acceptors (Lipinski definition) is 7. The third-order valence-electron chi connectivity index (χ3n) is 9.64. The van der Waals surface area contributed by atoms with E-state index >= 15 is 0 Å². The Hall–Kier alpha value is -2.29. The van der Waals surface area contributed by atoms with Crippen molar-refractivity contribution in [2.45, 2.75) is 63.0 Å². The Morgan fingerprint density at radius 1 is 0.833 bits per heavy atom. The van der Waals surface area contributed by atoms with Crippen LogP contribution in [0.3, 0.4) is 0 Å². The summed E-state index contributed by atoms with van der Waals surface area (Å²) >= 11 is 1.59. The standard InChI is InChI=1S/C28H36N4O3S/c33-25-20-9-10-21(25)24-23(20)27(34)32(28(24)35)16-18-6-2-1-5-17(18)15-30-11-13-31(14-12-30)26-19-7-3-4-8-22(19)36-29-26/h3-4,7-8,17-18,20-21,25,33-35H,1-2,5-6,9-16H2/t17?,18?,20-,21+,25?. The molecule has 3 N–H and O–H groups in total. The molecule has 7 rings (SSSR count). The second-order valence-electron chi connectivity index (χ2n) is 11.5. The number of aromatic hydroxyl groups is 2. The molecule has 1 saturated heterocycles. The number of aliphatic hydroxyl groups is 1. The van der Waals surface area contributed by atoms with Gasteiger partial charge >= 0.3 is 0 Å². The number of rotatable bonds is 5. The molecule has 5 atom stereocenters. The molecule has 7 nitrogen and oxygen atoms in total. The van der Waals surface area contributed by atoms with Crippen LogP contribution in [0.5, 0.6) is 11.8 Å². The van der Waals surface area contributed by atoms with E-state index in [4.69, 9.17) is 4.37 Å². The van der Waals surface area contributed by atoms with Gasteiger partial charge in [0.25, 0.3) is 0 Å². The van der Waals surface area contributed by atoms with E-state index < -0.39 is 6.10 Å². The number of piperazine rings is 1. The van der Waals surface area contributed by atoms with Crippen molar-refractivity contribution in [3.05, 3.63) is 35.4 Å². The maximum atomic E-state index is 11.1. The lowest BCUT2D eigenvalue weighted by atomic mass is 9.78. The van der Waals surface area contributed by atoms with Crippen LogP contribution in [0.1, 0.15) is 61.5 Å². The number of fused-ring (bicyclic) bond motifs is 6. The van der Waals surface area contributed by atoms with Gasteiger partial charge in [-0.2, -0.15) is 4.37 Å². The van der Waals surface area contributed by atoms with E-state index in [1.54, 1.807) is 16.1 Å². The van der Waals surface area contributed by atoms with Crippen LogP contribution >= 0.6 is 11.5 Å². The first-order valence-electron chi connectivity index (χ1n) is 13.7. The molecule has 192 valence electrons. The highest BCUT2D eigenvalue weighted by Gasteiger charge is 2.50. The van der Waals surface area contributed by atoms with Gasteiger partial charge < -0.3 is 20.2 Å². The molecule has 0 spiro atoms. The zero-order valence-electron chi connectivity index (χ0n) is 20.7. The quantitative estimate of drug-likeness (QED) is 0.472. The highest BCUT2D eigenvalue weighted by atomic mass is 32.1. The van der Waals surface area contributed by atoms with Gasteiger partial charge in [0.05, 0.1) is 10.8 Å². The first-order valence-corrected chi connectivity index (χ1v) is 14.5. The van der Waals surface area contributed by atoms with E-state index in [9.17, 15) is 15.3 Å². The van der Waals surface area contributed by atoms with E-state index in [1.165, 1.54) is 29.3 Å². The van der Waals surface area contributed by atoms with Crippen molar-refractivity contribution in [3.63, 3.8) is 0 Å². The predicted octanol–water partition coefficient (Wildman–Crippen LogP) is 4.47. The SMILES string of the molecule is Oc1c2c(c(O)n1CC1CCCCC1CN1CCN(c3nsc4ccccc34)CC1)[C@@H]1CC[C@H]2C1O. The monoisotopic (exact) mass is 508 g/mol. The summed E-state index contributed by atoms with van der Waals surface area (Å²) in [6.07, 6.45) is 6.22. The second-order valence-corrected chi connectivity index (χ2v) is 12.3. The van der Waals surface area contributed by atoms with Crippen LogP contribution in [0.2, 0.25) is 0 Å². The number of benzene rings is 1. The number of nitrogens with zero attached hydrogens (tertiary/aromatic N) is 4. The summed E-state index contributed by atoms with van der Waals surface area (Å²) in [5.74, 6) is 2.56. The van der Waals surface area contributed by atoms with Crippen LogP contribution in [0, 0.1) is 11.8 Å². The molecule has 8 heteroatoms. The van der Waals surface area contributed by atoms with E-state index in [2.05, 4.69) is 34.1 Å². The summed E-state index contributed by atoms with van der Waals surface area (Å²) in [5, 5.41) is 33.9. The van der Waals surface area contributed by atoms with Gasteiger partial charge in [-0.15, -0.1) is 0 Å². The molecular formula is C28H36N4O3S. The highest BCUT2D eigenvalue weighted by Crippen LogP contribution is 2.60. The van der Waals surface area contributed by atoms with Crippen LogP contribution in [-0.2, 0) is 6.54 Å². The topological polar surface area (TPSA) is 85.0 Å². The lowest BCUT2D eigenvalue weighted by Gasteiger charge is -2.40. The van der Waals surface area contributed by atoms with Crippen molar-refractivity contribution in [3.8, 4) is 11.8 Å². The first kappa shape index (κ1) is 22.9. The fourth-order valence-electron chi connectivity index (χ4n) is 7.72. The van der Waals surface area contributed by atoms with Gasteiger partial charge in [-0.05, 0) is 61.2 Å². The molecular weight excluding hydrogens is 472 g/mol. The lowest BCUT2D eigenvalue weighted by molar-refractivity contribution is 0.129. The fraction of sp³-hybridized carbons (Fsp3) is 0.607. The molecule has 3 heterocycles. The molecule has 2 bridgehead atoms. The zero-order valence-corrected chi connectivity index (χ0v) is 21.5. The molecule has 1 aliphatic heterocycles. The molecule has 3 fully saturated rings. The Bertz CT molecular complexity index is 1230. The smallest absolute Gasteiger partial charge is 0.197 e. The Balaban J connectivity index is 1.03. The summed E-state index contributed by atoms with van der Waals surface area (Å²) in [5.41, 5.74) is 1.66. The van der Waals surface area contributed by atoms with E-state index in [1.807, 2.05) is 0 Å². The molecule has 36 heavy (non-hydrogen) atoms. The molecule has 0 amide bonds. The molecule has 4 aliphatic rings. The number of aliphatic hydroxyl groups excluding tert-OH is 1. The van der Waals surface area contributed by atoms with Crippen molar-refractivity contribution in [2.24, 2.45) is 11.8 Å². The van der Waals surface area contributed by atoms with Gasteiger partial charge in [0.1, 0.15) is 5.82 Å². The van der Waals surface area contributed by atoms with Crippen molar-refractivity contribution < 1.29 is 15.3 Å². The van der Waals surface area contributed by atoms with E-state index in [-0.39, 0.29) is 23.6 Å². The minimum Gasteiger partial charge on any atom is -0.494 e. The van der Waals surface area contributed by atoms with Crippen LogP contribution in [0.25, 0.3) is 10.1 Å². The maximum absolute atomic E-state index is 11.1. The van der Waals surface area contributed by atoms with E-state index in [0.29, 0.717) is 18.4 Å². The third-order valence-corrected chi connectivity index (χ3v) is 10.5. The number of hydrogen-bond donors (Lipinski definition) is 3.